The third kappa shape index (κ3) is 2.54. The first-order valence-corrected chi connectivity index (χ1v) is 7.06. The first-order valence-electron chi connectivity index (χ1n) is 6.68. The smallest absolute Gasteiger partial charge is 0.182 e. The predicted molar refractivity (Wildman–Crippen MR) is 85.0 cm³/mol. The number of imidazole rings is 1. The van der Waals surface area contributed by atoms with Crippen molar-refractivity contribution < 1.29 is 0 Å². The minimum absolute atomic E-state index is 0.692. The van der Waals surface area contributed by atoms with E-state index in [-0.39, 0.29) is 0 Å². The average molecular weight is 299 g/mol. The van der Waals surface area contributed by atoms with Crippen LogP contribution in [0.3, 0.4) is 0 Å². The van der Waals surface area contributed by atoms with Crippen molar-refractivity contribution in [3.63, 3.8) is 0 Å². The second-order valence-electron chi connectivity index (χ2n) is 5.04. The van der Waals surface area contributed by atoms with E-state index < -0.39 is 0 Å². The van der Waals surface area contributed by atoms with Crippen molar-refractivity contribution in [1.29, 1.82) is 0 Å². The van der Waals surface area contributed by atoms with Gasteiger partial charge in [-0.3, -0.25) is 4.40 Å². The van der Waals surface area contributed by atoms with Gasteiger partial charge < -0.3 is 0 Å². The maximum Gasteiger partial charge on any atom is 0.182 e. The Bertz CT molecular complexity index is 849. The van der Waals surface area contributed by atoms with Crippen molar-refractivity contribution in [2.24, 2.45) is 10.2 Å². The molecule has 0 saturated heterocycles. The molecule has 0 saturated carbocycles. The van der Waals surface area contributed by atoms with E-state index in [1.807, 2.05) is 61.7 Å². The third-order valence-electron chi connectivity index (χ3n) is 3.40. The lowest BCUT2D eigenvalue weighted by molar-refractivity contribution is 1.08. The van der Waals surface area contributed by atoms with E-state index in [0.717, 1.165) is 34.0 Å². The van der Waals surface area contributed by atoms with Gasteiger partial charge in [-0.1, -0.05) is 23.7 Å². The van der Waals surface area contributed by atoms with E-state index in [1.54, 1.807) is 0 Å². The van der Waals surface area contributed by atoms with Crippen LogP contribution in [0, 0.1) is 20.8 Å². The highest BCUT2D eigenvalue weighted by Crippen LogP contribution is 2.28. The highest BCUT2D eigenvalue weighted by atomic mass is 35.5. The summed E-state index contributed by atoms with van der Waals surface area (Å²) in [7, 11) is 0. The summed E-state index contributed by atoms with van der Waals surface area (Å²) in [6.45, 7) is 5.90. The van der Waals surface area contributed by atoms with Crippen LogP contribution in [0.4, 0.5) is 11.5 Å². The van der Waals surface area contributed by atoms with Gasteiger partial charge in [0.05, 0.1) is 11.4 Å². The van der Waals surface area contributed by atoms with Gasteiger partial charge in [0.15, 0.2) is 5.82 Å². The maximum atomic E-state index is 6.10. The molecule has 0 aliphatic heterocycles. The molecule has 5 heteroatoms. The number of azo groups is 1. The van der Waals surface area contributed by atoms with Gasteiger partial charge in [-0.05, 0) is 50.1 Å². The summed E-state index contributed by atoms with van der Waals surface area (Å²) < 4.78 is 1.95. The van der Waals surface area contributed by atoms with E-state index in [1.165, 1.54) is 0 Å². The first-order chi connectivity index (χ1) is 10.1. The van der Waals surface area contributed by atoms with E-state index in [0.29, 0.717) is 5.02 Å². The largest absolute Gasteiger partial charge is 0.283 e. The molecule has 0 unspecified atom stereocenters. The monoisotopic (exact) mass is 298 g/mol. The summed E-state index contributed by atoms with van der Waals surface area (Å²) in [5, 5.41) is 9.40. The molecule has 0 bridgehead atoms. The van der Waals surface area contributed by atoms with Crippen molar-refractivity contribution in [1.82, 2.24) is 9.38 Å². The van der Waals surface area contributed by atoms with Crippen LogP contribution in [0.25, 0.3) is 5.65 Å². The van der Waals surface area contributed by atoms with Gasteiger partial charge in [-0.2, -0.15) is 0 Å². The van der Waals surface area contributed by atoms with Crippen LogP contribution in [0.5, 0.6) is 0 Å². The summed E-state index contributed by atoms with van der Waals surface area (Å²) in [4.78, 5) is 4.49. The molecule has 0 spiro atoms. The number of nitrogens with zero attached hydrogens (tertiary/aromatic N) is 4. The molecule has 0 amide bonds. The van der Waals surface area contributed by atoms with Gasteiger partial charge in [0, 0.05) is 11.2 Å². The quantitative estimate of drug-likeness (QED) is 0.590. The molecule has 1 aromatic carbocycles. The molecule has 0 atom stereocenters. The van der Waals surface area contributed by atoms with Gasteiger partial charge in [0.2, 0.25) is 0 Å². The standard InChI is InChI=1S/C16H15ClN4/c1-10-7-8-15-18-12(3)16(21(15)9-10)20-19-14-6-4-5-13(17)11(14)2/h4-9H,1-3H3. The molecule has 0 radical (unpaired) electrons. The molecule has 21 heavy (non-hydrogen) atoms. The fourth-order valence-electron chi connectivity index (χ4n) is 2.18. The first kappa shape index (κ1) is 13.8. The highest BCUT2D eigenvalue weighted by Gasteiger charge is 2.08. The number of benzene rings is 1. The van der Waals surface area contributed by atoms with Crippen molar-refractivity contribution in [3.8, 4) is 0 Å². The molecular weight excluding hydrogens is 284 g/mol. The van der Waals surface area contributed by atoms with E-state index in [9.17, 15) is 0 Å². The Morgan fingerprint density at radius 1 is 1.05 bits per heavy atom. The molecule has 2 heterocycles. The zero-order chi connectivity index (χ0) is 15.0. The second-order valence-corrected chi connectivity index (χ2v) is 5.45. The number of fused-ring (bicyclic) bond motifs is 1. The Morgan fingerprint density at radius 2 is 1.86 bits per heavy atom. The molecular formula is C16H15ClN4. The zero-order valence-electron chi connectivity index (χ0n) is 12.1. The number of aryl methyl sites for hydroxylation is 2. The van der Waals surface area contributed by atoms with Gasteiger partial charge in [0.1, 0.15) is 5.65 Å². The predicted octanol–water partition coefficient (Wildman–Crippen LogP) is 5.33. The Hall–Kier alpha value is -2.20. The minimum Gasteiger partial charge on any atom is -0.283 e. The van der Waals surface area contributed by atoms with Crippen LogP contribution in [-0.4, -0.2) is 9.38 Å². The summed E-state index contributed by atoms with van der Waals surface area (Å²) in [5.74, 6) is 0.744. The summed E-state index contributed by atoms with van der Waals surface area (Å²) in [6.07, 6.45) is 2.01. The van der Waals surface area contributed by atoms with Gasteiger partial charge >= 0.3 is 0 Å². The van der Waals surface area contributed by atoms with Gasteiger partial charge in [-0.15, -0.1) is 10.2 Å². The number of hydrogen-bond acceptors (Lipinski definition) is 3. The number of pyridine rings is 1. The van der Waals surface area contributed by atoms with Crippen LogP contribution >= 0.6 is 11.6 Å². The highest BCUT2D eigenvalue weighted by molar-refractivity contribution is 6.31. The summed E-state index contributed by atoms with van der Waals surface area (Å²) >= 11 is 6.10. The Balaban J connectivity index is 2.09. The average Bonchev–Trinajstić information content (AvgIpc) is 2.76. The van der Waals surface area contributed by atoms with E-state index >= 15 is 0 Å². The van der Waals surface area contributed by atoms with Crippen LogP contribution in [0.2, 0.25) is 5.02 Å². The van der Waals surface area contributed by atoms with Crippen molar-refractivity contribution in [2.75, 3.05) is 0 Å². The molecule has 4 nitrogen and oxygen atoms in total. The number of halogens is 1. The molecule has 106 valence electrons. The van der Waals surface area contributed by atoms with Crippen LogP contribution in [-0.2, 0) is 0 Å². The molecule has 0 aliphatic rings. The molecule has 3 aromatic rings. The fourth-order valence-corrected chi connectivity index (χ4v) is 2.35. The Labute approximate surface area is 128 Å². The Kier molecular flexibility index (Phi) is 3.47. The second kappa shape index (κ2) is 5.30. The normalized spacial score (nSPS) is 11.6. The van der Waals surface area contributed by atoms with Crippen molar-refractivity contribution in [3.05, 3.63) is 58.4 Å². The molecule has 0 fully saturated rings. The minimum atomic E-state index is 0.692. The van der Waals surface area contributed by atoms with Crippen LogP contribution < -0.4 is 0 Å². The van der Waals surface area contributed by atoms with Crippen molar-refractivity contribution in [2.45, 2.75) is 20.8 Å². The lowest BCUT2D eigenvalue weighted by atomic mass is 10.2. The fraction of sp³-hybridized carbons (Fsp3) is 0.188. The SMILES string of the molecule is Cc1ccc2nc(C)c(N=Nc3cccc(Cl)c3C)n2c1. The van der Waals surface area contributed by atoms with Gasteiger partial charge in [0.25, 0.3) is 0 Å². The number of rotatable bonds is 2. The maximum absolute atomic E-state index is 6.10. The summed E-state index contributed by atoms with van der Waals surface area (Å²) in [6, 6.07) is 9.62. The molecule has 0 aliphatic carbocycles. The Morgan fingerprint density at radius 3 is 2.67 bits per heavy atom. The van der Waals surface area contributed by atoms with Crippen molar-refractivity contribution >= 4 is 28.8 Å². The van der Waals surface area contributed by atoms with Crippen LogP contribution in [0.15, 0.2) is 46.8 Å². The molecule has 0 N–H and O–H groups in total. The van der Waals surface area contributed by atoms with Crippen LogP contribution in [0.1, 0.15) is 16.8 Å². The van der Waals surface area contributed by atoms with E-state index in [2.05, 4.69) is 15.2 Å². The number of aromatic nitrogens is 2. The van der Waals surface area contributed by atoms with Gasteiger partial charge in [-0.25, -0.2) is 4.98 Å². The lowest BCUT2D eigenvalue weighted by Gasteiger charge is -2.01. The third-order valence-corrected chi connectivity index (χ3v) is 3.81. The van der Waals surface area contributed by atoms with E-state index in [4.69, 9.17) is 11.6 Å². The molecule has 2 aromatic heterocycles. The topological polar surface area (TPSA) is 42.0 Å². The molecule has 3 rings (SSSR count). The number of hydrogen-bond donors (Lipinski definition) is 0. The zero-order valence-corrected chi connectivity index (χ0v) is 12.9. The summed E-state index contributed by atoms with van der Waals surface area (Å²) in [5.41, 5.74) is 4.56. The lowest BCUT2D eigenvalue weighted by Crippen LogP contribution is -1.85.